The van der Waals surface area contributed by atoms with Crippen LogP contribution >= 0.6 is 0 Å². The van der Waals surface area contributed by atoms with Crippen LogP contribution in [0, 0.1) is 12.8 Å². The highest BCUT2D eigenvalue weighted by Gasteiger charge is 2.17. The fourth-order valence-electron chi connectivity index (χ4n) is 1.63. The normalized spacial score (nSPS) is 12.6. The Kier molecular flexibility index (Phi) is 4.06. The first kappa shape index (κ1) is 12.7. The average Bonchev–Trinajstić information content (AvgIpc) is 2.56. The van der Waals surface area contributed by atoms with Gasteiger partial charge in [-0.2, -0.15) is 5.10 Å². The second-order valence-electron chi connectivity index (χ2n) is 4.32. The van der Waals surface area contributed by atoms with Crippen LogP contribution in [0.15, 0.2) is 6.07 Å². The molecular formula is C11H20N4O. The topological polar surface area (TPSA) is 64.2 Å². The summed E-state index contributed by atoms with van der Waals surface area (Å²) in [6.07, 6.45) is 0. The van der Waals surface area contributed by atoms with Crippen LogP contribution in [0.3, 0.4) is 0 Å². The summed E-state index contributed by atoms with van der Waals surface area (Å²) in [5.74, 6) is 0.298. The predicted octanol–water partition coefficient (Wildman–Crippen LogP) is 0.395. The molecule has 0 spiro atoms. The van der Waals surface area contributed by atoms with Crippen molar-refractivity contribution < 1.29 is 4.79 Å². The molecule has 0 aliphatic rings. The van der Waals surface area contributed by atoms with Crippen LogP contribution in [0.5, 0.6) is 0 Å². The summed E-state index contributed by atoms with van der Waals surface area (Å²) in [5.41, 5.74) is 7.01. The van der Waals surface area contributed by atoms with Crippen molar-refractivity contribution in [2.75, 3.05) is 20.1 Å². The lowest BCUT2D eigenvalue weighted by molar-refractivity contribution is 0.0766. The molecule has 1 rings (SSSR count). The second kappa shape index (κ2) is 5.12. The van der Waals surface area contributed by atoms with Crippen LogP contribution in [-0.2, 0) is 7.05 Å². The van der Waals surface area contributed by atoms with Gasteiger partial charge in [0.1, 0.15) is 5.69 Å². The summed E-state index contributed by atoms with van der Waals surface area (Å²) in [5, 5.41) is 4.16. The molecular weight excluding hydrogens is 204 g/mol. The lowest BCUT2D eigenvalue weighted by Gasteiger charge is -2.20. The molecule has 0 aliphatic carbocycles. The van der Waals surface area contributed by atoms with E-state index in [2.05, 4.69) is 5.10 Å². The Morgan fingerprint density at radius 1 is 1.69 bits per heavy atom. The van der Waals surface area contributed by atoms with Gasteiger partial charge in [0.2, 0.25) is 0 Å². The van der Waals surface area contributed by atoms with Crippen molar-refractivity contribution >= 4 is 5.91 Å². The third-order valence-corrected chi connectivity index (χ3v) is 2.56. The summed E-state index contributed by atoms with van der Waals surface area (Å²) in [6.45, 7) is 5.15. The maximum Gasteiger partial charge on any atom is 0.271 e. The largest absolute Gasteiger partial charge is 0.340 e. The van der Waals surface area contributed by atoms with Crippen molar-refractivity contribution in [2.45, 2.75) is 13.8 Å². The van der Waals surface area contributed by atoms with E-state index in [0.29, 0.717) is 24.7 Å². The zero-order chi connectivity index (χ0) is 12.3. The molecule has 0 saturated heterocycles. The molecule has 90 valence electrons. The number of amides is 1. The molecule has 5 nitrogen and oxygen atoms in total. The van der Waals surface area contributed by atoms with Gasteiger partial charge in [-0.05, 0) is 25.5 Å². The molecule has 1 unspecified atom stereocenters. The van der Waals surface area contributed by atoms with E-state index in [0.717, 1.165) is 5.69 Å². The Bertz CT molecular complexity index is 372. The van der Waals surface area contributed by atoms with E-state index >= 15 is 0 Å². The predicted molar refractivity (Wildman–Crippen MR) is 63.1 cm³/mol. The van der Waals surface area contributed by atoms with Crippen molar-refractivity contribution in [2.24, 2.45) is 18.7 Å². The Labute approximate surface area is 96.2 Å². The molecule has 1 aromatic heterocycles. The summed E-state index contributed by atoms with van der Waals surface area (Å²) in [6, 6.07) is 1.80. The molecule has 5 heteroatoms. The van der Waals surface area contributed by atoms with Crippen LogP contribution in [0.2, 0.25) is 0 Å². The number of aromatic nitrogens is 2. The van der Waals surface area contributed by atoms with Gasteiger partial charge in [-0.15, -0.1) is 0 Å². The number of hydrogen-bond donors (Lipinski definition) is 1. The van der Waals surface area contributed by atoms with E-state index in [1.807, 2.05) is 13.8 Å². The first-order chi connectivity index (χ1) is 7.45. The quantitative estimate of drug-likeness (QED) is 0.805. The van der Waals surface area contributed by atoms with E-state index in [1.54, 1.807) is 29.7 Å². The maximum atomic E-state index is 12.1. The molecule has 0 aromatic carbocycles. The molecule has 16 heavy (non-hydrogen) atoms. The van der Waals surface area contributed by atoms with Crippen molar-refractivity contribution in [3.63, 3.8) is 0 Å². The summed E-state index contributed by atoms with van der Waals surface area (Å²) < 4.78 is 1.61. The molecule has 1 atom stereocenters. The number of rotatable bonds is 4. The fraction of sp³-hybridized carbons (Fsp3) is 0.636. The third kappa shape index (κ3) is 2.82. The van der Waals surface area contributed by atoms with E-state index in [-0.39, 0.29) is 5.91 Å². The monoisotopic (exact) mass is 224 g/mol. The van der Waals surface area contributed by atoms with Crippen LogP contribution in [0.4, 0.5) is 0 Å². The summed E-state index contributed by atoms with van der Waals surface area (Å²) in [4.78, 5) is 13.7. The van der Waals surface area contributed by atoms with Crippen molar-refractivity contribution in [3.8, 4) is 0 Å². The van der Waals surface area contributed by atoms with Gasteiger partial charge in [-0.1, -0.05) is 6.92 Å². The van der Waals surface area contributed by atoms with Crippen LogP contribution in [0.25, 0.3) is 0 Å². The number of hydrogen-bond acceptors (Lipinski definition) is 3. The molecule has 1 amide bonds. The molecule has 0 fully saturated rings. The van der Waals surface area contributed by atoms with Gasteiger partial charge in [0.25, 0.3) is 5.91 Å². The first-order valence-corrected chi connectivity index (χ1v) is 5.42. The Hall–Kier alpha value is -1.36. The first-order valence-electron chi connectivity index (χ1n) is 5.42. The minimum absolute atomic E-state index is 0.0107. The fourth-order valence-corrected chi connectivity index (χ4v) is 1.63. The number of nitrogens with zero attached hydrogens (tertiary/aromatic N) is 3. The molecule has 2 N–H and O–H groups in total. The zero-order valence-corrected chi connectivity index (χ0v) is 10.4. The van der Waals surface area contributed by atoms with E-state index in [1.165, 1.54) is 0 Å². The third-order valence-electron chi connectivity index (χ3n) is 2.56. The number of aryl methyl sites for hydroxylation is 2. The summed E-state index contributed by atoms with van der Waals surface area (Å²) in [7, 11) is 3.57. The minimum Gasteiger partial charge on any atom is -0.340 e. The van der Waals surface area contributed by atoms with E-state index in [4.69, 9.17) is 5.73 Å². The Morgan fingerprint density at radius 2 is 2.31 bits per heavy atom. The molecule has 1 heterocycles. The lowest BCUT2D eigenvalue weighted by atomic mass is 10.1. The smallest absolute Gasteiger partial charge is 0.271 e. The van der Waals surface area contributed by atoms with Crippen molar-refractivity contribution in [1.82, 2.24) is 14.7 Å². The highest BCUT2D eigenvalue weighted by atomic mass is 16.2. The highest BCUT2D eigenvalue weighted by Crippen LogP contribution is 2.06. The molecule has 0 saturated carbocycles. The van der Waals surface area contributed by atoms with Crippen LogP contribution in [-0.4, -0.2) is 40.7 Å². The molecule has 1 aromatic rings. The Balaban J connectivity index is 2.74. The molecule has 0 bridgehead atoms. The minimum atomic E-state index is -0.0107. The highest BCUT2D eigenvalue weighted by molar-refractivity contribution is 5.92. The average molecular weight is 224 g/mol. The standard InChI is InChI=1S/C11H20N4O/c1-8(6-12)7-14(3)11(16)10-5-9(2)13-15(10)4/h5,8H,6-7,12H2,1-4H3. The van der Waals surface area contributed by atoms with Gasteiger partial charge in [0.05, 0.1) is 5.69 Å². The molecule has 0 aliphatic heterocycles. The zero-order valence-electron chi connectivity index (χ0n) is 10.4. The van der Waals surface area contributed by atoms with Crippen molar-refractivity contribution in [3.05, 3.63) is 17.5 Å². The lowest BCUT2D eigenvalue weighted by Crippen LogP contribution is -2.34. The van der Waals surface area contributed by atoms with Gasteiger partial charge in [-0.3, -0.25) is 9.48 Å². The van der Waals surface area contributed by atoms with Gasteiger partial charge in [-0.25, -0.2) is 0 Å². The van der Waals surface area contributed by atoms with E-state index < -0.39 is 0 Å². The van der Waals surface area contributed by atoms with Gasteiger partial charge in [0.15, 0.2) is 0 Å². The number of nitrogens with two attached hydrogens (primary N) is 1. The number of carbonyl (C=O) groups excluding carboxylic acids is 1. The maximum absolute atomic E-state index is 12.1. The van der Waals surface area contributed by atoms with Gasteiger partial charge >= 0.3 is 0 Å². The van der Waals surface area contributed by atoms with Gasteiger partial charge in [0, 0.05) is 20.6 Å². The van der Waals surface area contributed by atoms with Crippen LogP contribution in [0.1, 0.15) is 23.1 Å². The van der Waals surface area contributed by atoms with Crippen LogP contribution < -0.4 is 5.73 Å². The Morgan fingerprint density at radius 3 is 2.75 bits per heavy atom. The second-order valence-corrected chi connectivity index (χ2v) is 4.32. The van der Waals surface area contributed by atoms with Gasteiger partial charge < -0.3 is 10.6 Å². The summed E-state index contributed by atoms with van der Waals surface area (Å²) >= 11 is 0. The molecule has 0 radical (unpaired) electrons. The SMILES string of the molecule is Cc1cc(C(=O)N(C)CC(C)CN)n(C)n1. The van der Waals surface area contributed by atoms with E-state index in [9.17, 15) is 4.79 Å². The number of carbonyl (C=O) groups is 1. The van der Waals surface area contributed by atoms with Crippen molar-refractivity contribution in [1.29, 1.82) is 0 Å².